The number of carbonyl (C=O) groups is 15. The molecule has 6 aromatic rings. The summed E-state index contributed by atoms with van der Waals surface area (Å²) >= 11 is 0. The van der Waals surface area contributed by atoms with Gasteiger partial charge in [0.15, 0.2) is 11.6 Å². The highest BCUT2D eigenvalue weighted by Crippen LogP contribution is 2.43. The molecule has 10 N–H and O–H groups in total. The van der Waals surface area contributed by atoms with E-state index in [0.29, 0.717) is 114 Å². The summed E-state index contributed by atoms with van der Waals surface area (Å²) in [7, 11) is 4.55. The predicted octanol–water partition coefficient (Wildman–Crippen LogP) is 1.27. The number of methoxy groups -OCH3 is 3. The van der Waals surface area contributed by atoms with Crippen molar-refractivity contribution in [3.05, 3.63) is 182 Å². The Bertz CT molecular complexity index is 5620. The molecule has 1 unspecified atom stereocenters. The summed E-state index contributed by atoms with van der Waals surface area (Å²) < 4.78 is 15.7. The molecule has 10 aliphatic heterocycles. The van der Waals surface area contributed by atoms with Gasteiger partial charge in [-0.2, -0.15) is 0 Å². The lowest BCUT2D eigenvalue weighted by Crippen LogP contribution is -2.54. The minimum Gasteiger partial charge on any atom is -0.497 e. The van der Waals surface area contributed by atoms with Crippen LogP contribution in [0.1, 0.15) is 132 Å². The number of hydrogen-bond acceptors (Lipinski definition) is 20. The number of nitrogens with one attached hydrogen (secondary N) is 10. The van der Waals surface area contributed by atoms with Crippen LogP contribution in [0.15, 0.2) is 109 Å². The van der Waals surface area contributed by atoms with Crippen LogP contribution in [0, 0.1) is 35.5 Å². The fourth-order valence-electron chi connectivity index (χ4n) is 16.9. The second-order valence-corrected chi connectivity index (χ2v) is 29.8. The molecule has 582 valence electrons. The van der Waals surface area contributed by atoms with Gasteiger partial charge in [-0.15, -0.1) is 0 Å². The van der Waals surface area contributed by atoms with Gasteiger partial charge in [-0.3, -0.25) is 74.0 Å². The van der Waals surface area contributed by atoms with Gasteiger partial charge < -0.3 is 65.7 Å². The van der Waals surface area contributed by atoms with E-state index >= 15 is 0 Å². The topological polar surface area (TPSA) is 430 Å². The van der Waals surface area contributed by atoms with Crippen molar-refractivity contribution in [1.82, 2.24) is 72.9 Å². The molecule has 7 fully saturated rings. The number of aromatic nitrogens is 1. The van der Waals surface area contributed by atoms with Crippen molar-refractivity contribution in [3.8, 4) is 52.8 Å². The molecule has 1 aromatic heterocycles. The number of rotatable bonds is 10. The Kier molecular flexibility index (Phi) is 18.4. The standard InChI is InChI=1S/C28H26N6O6.C27H23N5O6.C27H22N4O6/c1-40-19-4-3-18-15-34(24(37)20(18)12-19)16-28(25(38)30-26(39)32-28)7-6-17-2-5-22(29-14-17)33-10-8-27(9-11-33)21(35)13-23(36)31-27;1-38-18-6-5-17-13-32(21(33)19(17)12-18)14-26(22(34)28-24(36)30-26)10-8-15-4-7-20-16(11-15)3-2-9-27(20)23(35)29-25(37)31-27;1-37-18-4-3-17-13-31(23(34)19(17)11-18)14-26(24(35)28-25(36)30-26)8-6-15-2-5-20-16(10-15)7-9-27(20)21(32)12-22(33)29-27/h2-5,12,14H,8-11,13,15-16H2,1H3,(H,31,36)(H2,30,32,38,39);4-7,11-12H,2-3,9,13-14H2,1H3,(H2,28,30,34,36)(H2,29,31,35,37);2-5,10-11H,7,9,12-14H2,1H3,(H,29,33)(H2,28,30,35,36)/t28-;26-,27?;26-,27+/m111/s1. The monoisotopic (exact) mass is 1550 g/mol. The number of aryl methyl sites for hydroxylation is 2. The molecule has 7 saturated heterocycles. The number of carbonyl (C=O) groups excluding carboxylic acids is 15. The van der Waals surface area contributed by atoms with Crippen LogP contribution in [-0.4, -0.2) is 185 Å². The first-order chi connectivity index (χ1) is 55.2. The zero-order valence-corrected chi connectivity index (χ0v) is 62.0. The number of ketones is 2. The Labute approximate surface area is 654 Å². The van der Waals surface area contributed by atoms with Gasteiger partial charge in [0.05, 0.1) is 53.8 Å². The quantitative estimate of drug-likeness (QED) is 0.0524. The van der Waals surface area contributed by atoms with Crippen LogP contribution in [0.4, 0.5) is 25.0 Å². The smallest absolute Gasteiger partial charge is 0.323 e. The number of hydrogen-bond donors (Lipinski definition) is 10. The Morgan fingerprint density at radius 2 is 0.817 bits per heavy atom. The van der Waals surface area contributed by atoms with Crippen molar-refractivity contribution < 1.29 is 86.1 Å². The number of imide groups is 4. The molecule has 18 rings (SSSR count). The minimum absolute atomic E-state index is 0.0491. The number of anilines is 1. The summed E-state index contributed by atoms with van der Waals surface area (Å²) in [5.41, 5.74) is 1.02. The fraction of sp³-hybridized carbons (Fsp3) is 0.317. The summed E-state index contributed by atoms with van der Waals surface area (Å²) in [4.78, 5) is 198. The largest absolute Gasteiger partial charge is 0.497 e. The zero-order chi connectivity index (χ0) is 80.7. The summed E-state index contributed by atoms with van der Waals surface area (Å²) in [6.07, 6.45) is 5.41. The van der Waals surface area contributed by atoms with Crippen molar-refractivity contribution in [1.29, 1.82) is 0 Å². The summed E-state index contributed by atoms with van der Waals surface area (Å²) in [6.45, 7) is 1.52. The first kappa shape index (κ1) is 74.7. The van der Waals surface area contributed by atoms with Gasteiger partial charge in [-0.05, 0) is 157 Å². The molecule has 0 saturated carbocycles. The lowest BCUT2D eigenvalue weighted by molar-refractivity contribution is -0.125. The number of benzene rings is 5. The van der Waals surface area contributed by atoms with Gasteiger partial charge >= 0.3 is 24.1 Å². The van der Waals surface area contributed by atoms with E-state index in [4.69, 9.17) is 14.2 Å². The molecule has 0 radical (unpaired) electrons. The molecule has 11 heterocycles. The number of piperidine rings is 1. The number of fused-ring (bicyclic) bond motifs is 7. The number of pyridine rings is 1. The maximum Gasteiger partial charge on any atom is 0.323 e. The molecule has 3 spiro atoms. The first-order valence-corrected chi connectivity index (χ1v) is 36.9. The Hall–Kier alpha value is -14.4. The predicted molar refractivity (Wildman–Crippen MR) is 400 cm³/mol. The molecule has 115 heavy (non-hydrogen) atoms. The third-order valence-corrected chi connectivity index (χ3v) is 22.9. The van der Waals surface area contributed by atoms with Crippen LogP contribution in [0.25, 0.3) is 0 Å². The lowest BCUT2D eigenvalue weighted by Gasteiger charge is -2.38. The molecule has 2 aliphatic carbocycles. The van der Waals surface area contributed by atoms with Crippen LogP contribution in [0.3, 0.4) is 0 Å². The van der Waals surface area contributed by atoms with Gasteiger partial charge in [-0.25, -0.2) is 24.2 Å². The first-order valence-electron chi connectivity index (χ1n) is 36.9. The average molecular weight is 1550 g/mol. The van der Waals surface area contributed by atoms with Crippen LogP contribution in [-0.2, 0) is 81.9 Å². The van der Waals surface area contributed by atoms with Crippen molar-refractivity contribution in [2.75, 3.05) is 59.0 Å². The van der Waals surface area contributed by atoms with E-state index in [0.717, 1.165) is 38.9 Å². The van der Waals surface area contributed by atoms with E-state index in [9.17, 15) is 71.9 Å². The Balaban J connectivity index is 0.000000130. The summed E-state index contributed by atoms with van der Waals surface area (Å²) in [5, 5.41) is 25.3. The highest BCUT2D eigenvalue weighted by atomic mass is 16.5. The number of Topliss-reactive ketones (excluding diaryl/α,β-unsaturated/α-hetero) is 2. The van der Waals surface area contributed by atoms with E-state index in [1.807, 2.05) is 17.0 Å². The third kappa shape index (κ3) is 13.3. The van der Waals surface area contributed by atoms with E-state index in [2.05, 4.69) is 93.7 Å². The van der Waals surface area contributed by atoms with Crippen LogP contribution >= 0.6 is 0 Å². The highest BCUT2D eigenvalue weighted by molar-refractivity contribution is 6.14. The SMILES string of the molecule is COc1ccc2c(c1)C(=O)N(C[C@@]1(C#Cc3ccc(N4CCC5(CC4)NC(=O)CC5=O)nc3)NC(=O)NC1=O)C2.COc1ccc2c(c1)C(=O)N(C[C@@]1(C#Cc3ccc4c(c3)CCCC43NC(=O)NC3=O)NC(=O)NC1=O)C2.COc1ccc2c(c1)C(=O)N(C[C@@]1(C#Cc3ccc4c(c3)CC[C@]43NC(=O)CC3=O)NC(=O)NC1=O)C2. The fourth-order valence-corrected chi connectivity index (χ4v) is 16.9. The van der Waals surface area contributed by atoms with Gasteiger partial charge in [-0.1, -0.05) is 65.9 Å². The van der Waals surface area contributed by atoms with E-state index in [-0.39, 0.29) is 99.1 Å². The molecule has 12 aliphatic rings. The molecule has 5 aromatic carbocycles. The minimum atomic E-state index is -1.64. The van der Waals surface area contributed by atoms with E-state index < -0.39 is 75.1 Å². The number of urea groups is 4. The maximum absolute atomic E-state index is 13.1. The summed E-state index contributed by atoms with van der Waals surface area (Å²) in [6, 6.07) is 27.3. The molecule has 0 bridgehead atoms. The van der Waals surface area contributed by atoms with E-state index in [1.54, 1.807) is 97.2 Å². The van der Waals surface area contributed by atoms with Crippen LogP contribution in [0.2, 0.25) is 0 Å². The zero-order valence-electron chi connectivity index (χ0n) is 62.0. The van der Waals surface area contributed by atoms with Gasteiger partial charge in [0, 0.05) is 72.3 Å². The maximum atomic E-state index is 13.1. The molecular formula is C82H71N15O18. The Morgan fingerprint density at radius 1 is 0.400 bits per heavy atom. The van der Waals surface area contributed by atoms with Crippen LogP contribution in [0.5, 0.6) is 17.2 Å². The highest BCUT2D eigenvalue weighted by Gasteiger charge is 2.55. The third-order valence-electron chi connectivity index (χ3n) is 22.9. The van der Waals surface area contributed by atoms with Crippen molar-refractivity contribution in [3.63, 3.8) is 0 Å². The molecule has 17 amide bonds. The number of ether oxygens (including phenoxy) is 3. The van der Waals surface area contributed by atoms with Crippen LogP contribution < -0.4 is 72.3 Å². The van der Waals surface area contributed by atoms with Crippen molar-refractivity contribution in [2.24, 2.45) is 0 Å². The Morgan fingerprint density at radius 3 is 1.21 bits per heavy atom. The summed E-state index contributed by atoms with van der Waals surface area (Å²) in [5.74, 6) is 16.1. The van der Waals surface area contributed by atoms with Gasteiger partial charge in [0.2, 0.25) is 28.4 Å². The number of amides is 17. The second kappa shape index (κ2) is 28.4. The molecule has 33 heteroatoms. The normalized spacial score (nSPS) is 24.5. The lowest BCUT2D eigenvalue weighted by atomic mass is 9.76. The number of nitrogens with zero attached hydrogens (tertiary/aromatic N) is 5. The van der Waals surface area contributed by atoms with Crippen molar-refractivity contribution in [2.45, 2.75) is 111 Å². The van der Waals surface area contributed by atoms with E-state index in [1.165, 1.54) is 36.0 Å². The van der Waals surface area contributed by atoms with Crippen molar-refractivity contribution >= 4 is 94.7 Å². The molecular weight excluding hydrogens is 1480 g/mol. The molecule has 33 nitrogen and oxygen atoms in total. The van der Waals surface area contributed by atoms with Gasteiger partial charge in [0.25, 0.3) is 41.4 Å². The molecule has 5 atom stereocenters. The second-order valence-electron chi connectivity index (χ2n) is 29.8. The average Bonchev–Trinajstić information content (AvgIpc) is 1.59. The van der Waals surface area contributed by atoms with Gasteiger partial charge in [0.1, 0.15) is 39.7 Å².